The summed E-state index contributed by atoms with van der Waals surface area (Å²) in [7, 11) is 1.52. The number of urea groups is 1. The van der Waals surface area contributed by atoms with E-state index < -0.39 is 53.8 Å². The maximum Gasteiger partial charge on any atom is 0.334 e. The van der Waals surface area contributed by atoms with Crippen LogP contribution in [0.5, 0.6) is 0 Å². The van der Waals surface area contributed by atoms with E-state index in [1.165, 1.54) is 7.05 Å². The van der Waals surface area contributed by atoms with Gasteiger partial charge in [0.05, 0.1) is 0 Å². The van der Waals surface area contributed by atoms with Gasteiger partial charge in [0.15, 0.2) is 5.96 Å². The summed E-state index contributed by atoms with van der Waals surface area (Å²) in [4.78, 5) is 85.8. The number of benzene rings is 2. The zero-order valence-electron chi connectivity index (χ0n) is 32.0. The van der Waals surface area contributed by atoms with Crippen molar-refractivity contribution in [2.24, 2.45) is 28.3 Å². The lowest BCUT2D eigenvalue weighted by Crippen LogP contribution is -2.59. The Morgan fingerprint density at radius 1 is 0.709 bits per heavy atom. The Balaban J connectivity index is 1.72. The number of H-pyrrole nitrogens is 1. The first-order valence-corrected chi connectivity index (χ1v) is 18.3. The molecule has 0 spiro atoms. The van der Waals surface area contributed by atoms with Crippen LogP contribution in [0.3, 0.4) is 0 Å². The number of para-hydroxylation sites is 1. The monoisotopic (exact) mass is 761 g/mol. The van der Waals surface area contributed by atoms with Crippen molar-refractivity contribution in [3.05, 3.63) is 71.9 Å². The predicted octanol–water partition coefficient (Wildman–Crippen LogP) is 0.608. The number of aromatic nitrogens is 1. The van der Waals surface area contributed by atoms with E-state index in [4.69, 9.17) is 11.5 Å². The number of aromatic amines is 1. The number of primary amides is 1. The minimum atomic E-state index is -1.14. The van der Waals surface area contributed by atoms with Crippen LogP contribution in [0.15, 0.2) is 65.8 Å². The normalized spacial score (nSPS) is 13.6. The van der Waals surface area contributed by atoms with Gasteiger partial charge in [0.2, 0.25) is 23.6 Å². The number of hydrazine groups is 1. The van der Waals surface area contributed by atoms with Crippen LogP contribution < -0.4 is 48.9 Å². The Labute approximate surface area is 321 Å². The molecule has 2 aromatic carbocycles. The lowest BCUT2D eigenvalue weighted by atomic mass is 10.0. The van der Waals surface area contributed by atoms with E-state index in [1.54, 1.807) is 20.0 Å². The SMILES string of the molecule is CN=C(N)NCCC[C@H](NC(=O)[C@H](CC(C)C)NC(=O)NNC(=O)[C@H](Cc1ccccc1)NC(=O)C(C)C)C(=O)N[C@@H](Cc1c[nH]c2ccccc12)C(N)=O. The van der Waals surface area contributed by atoms with Gasteiger partial charge >= 0.3 is 6.03 Å². The highest BCUT2D eigenvalue weighted by molar-refractivity contribution is 5.95. The molecule has 3 rings (SSSR count). The first-order valence-electron chi connectivity index (χ1n) is 18.3. The Kier molecular flexibility index (Phi) is 16.9. The van der Waals surface area contributed by atoms with E-state index in [9.17, 15) is 28.8 Å². The quantitative estimate of drug-likeness (QED) is 0.0357. The first kappa shape index (κ1) is 43.3. The van der Waals surface area contributed by atoms with Gasteiger partial charge in [0, 0.05) is 49.5 Å². The van der Waals surface area contributed by atoms with Crippen LogP contribution in [0.25, 0.3) is 10.9 Å². The lowest BCUT2D eigenvalue weighted by Gasteiger charge is -2.26. The highest BCUT2D eigenvalue weighted by Gasteiger charge is 2.30. The van der Waals surface area contributed by atoms with Gasteiger partial charge in [-0.3, -0.25) is 34.4 Å². The molecule has 17 heteroatoms. The van der Waals surface area contributed by atoms with Crippen LogP contribution in [0.1, 0.15) is 58.1 Å². The summed E-state index contributed by atoms with van der Waals surface area (Å²) in [6.45, 7) is 7.43. The Hall–Kier alpha value is -6.13. The van der Waals surface area contributed by atoms with Crippen LogP contribution in [-0.2, 0) is 36.8 Å². The molecule has 0 aliphatic heterocycles. The van der Waals surface area contributed by atoms with Gasteiger partial charge in [-0.15, -0.1) is 0 Å². The molecule has 1 heterocycles. The fourth-order valence-corrected chi connectivity index (χ4v) is 5.66. The summed E-state index contributed by atoms with van der Waals surface area (Å²) in [5.41, 5.74) is 18.5. The molecule has 0 aliphatic rings. The van der Waals surface area contributed by atoms with Gasteiger partial charge in [-0.1, -0.05) is 76.2 Å². The van der Waals surface area contributed by atoms with Gasteiger partial charge in [0.25, 0.3) is 5.91 Å². The molecule has 7 amide bonds. The van der Waals surface area contributed by atoms with Gasteiger partial charge in [-0.05, 0) is 42.4 Å². The molecule has 0 fully saturated rings. The number of fused-ring (bicyclic) bond motifs is 1. The highest BCUT2D eigenvalue weighted by Crippen LogP contribution is 2.19. The molecular formula is C38H55N11O6. The molecule has 17 nitrogen and oxygen atoms in total. The largest absolute Gasteiger partial charge is 0.370 e. The number of nitrogens with zero attached hydrogens (tertiary/aromatic N) is 1. The molecule has 0 aliphatic carbocycles. The van der Waals surface area contributed by atoms with Crippen molar-refractivity contribution >= 4 is 52.4 Å². The fraction of sp³-hybridized carbons (Fsp3) is 0.447. The number of hydrogen-bond donors (Lipinski definition) is 10. The minimum Gasteiger partial charge on any atom is -0.370 e. The first-order chi connectivity index (χ1) is 26.2. The molecule has 0 bridgehead atoms. The summed E-state index contributed by atoms with van der Waals surface area (Å²) >= 11 is 0. The van der Waals surface area contributed by atoms with Crippen molar-refractivity contribution in [3.8, 4) is 0 Å². The molecule has 0 radical (unpaired) electrons. The van der Waals surface area contributed by atoms with Gasteiger partial charge in [0.1, 0.15) is 24.2 Å². The number of amides is 7. The lowest BCUT2D eigenvalue weighted by molar-refractivity contribution is -0.132. The molecule has 298 valence electrons. The molecule has 0 saturated heterocycles. The second-order valence-electron chi connectivity index (χ2n) is 13.9. The molecule has 3 aromatic rings. The second kappa shape index (κ2) is 21.5. The van der Waals surface area contributed by atoms with Crippen LogP contribution in [0.2, 0.25) is 0 Å². The second-order valence-corrected chi connectivity index (χ2v) is 13.9. The number of nitrogens with two attached hydrogens (primary N) is 2. The van der Waals surface area contributed by atoms with Crippen molar-refractivity contribution < 1.29 is 28.8 Å². The van der Waals surface area contributed by atoms with Gasteiger partial charge in [-0.2, -0.15) is 0 Å². The van der Waals surface area contributed by atoms with Gasteiger partial charge < -0.3 is 43.0 Å². The topological polar surface area (TPSA) is 267 Å². The zero-order valence-corrected chi connectivity index (χ0v) is 32.0. The van der Waals surface area contributed by atoms with E-state index in [0.29, 0.717) is 13.0 Å². The molecule has 0 saturated carbocycles. The molecule has 0 unspecified atom stereocenters. The standard InChI is InChI=1S/C38H55N11O6/c1-22(2)18-30(47-38(55)49-48-36(54)31(46-33(51)23(3)4)19-24-12-7-6-8-13-24)35(53)44-28(16-11-17-42-37(40)41-5)34(52)45-29(32(39)50)20-25-21-43-27-15-10-9-14-26(25)27/h6-10,12-15,21-23,28-31,43H,11,16-20H2,1-5H3,(H2,39,50)(H,44,53)(H,45,52)(H,46,51)(H,48,54)(H3,40,41,42)(H2,47,49,55)/t28-,29-,30-,31-/m0/s1. The maximum atomic E-state index is 13.8. The smallest absolute Gasteiger partial charge is 0.334 e. The van der Waals surface area contributed by atoms with E-state index >= 15 is 0 Å². The average molecular weight is 762 g/mol. The maximum absolute atomic E-state index is 13.8. The molecule has 12 N–H and O–H groups in total. The van der Waals surface area contributed by atoms with Crippen molar-refractivity contribution in [3.63, 3.8) is 0 Å². The van der Waals surface area contributed by atoms with Crippen molar-refractivity contribution in [1.29, 1.82) is 0 Å². The van der Waals surface area contributed by atoms with Crippen molar-refractivity contribution in [1.82, 2.24) is 42.4 Å². The Bertz CT molecular complexity index is 1790. The summed E-state index contributed by atoms with van der Waals surface area (Å²) < 4.78 is 0. The number of nitrogens with one attached hydrogen (secondary N) is 8. The summed E-state index contributed by atoms with van der Waals surface area (Å²) in [5.74, 6) is -3.35. The summed E-state index contributed by atoms with van der Waals surface area (Å²) in [5, 5.41) is 14.5. The van der Waals surface area contributed by atoms with E-state index in [2.05, 4.69) is 47.4 Å². The number of carbonyl (C=O) groups is 6. The Morgan fingerprint density at radius 2 is 1.35 bits per heavy atom. The zero-order chi connectivity index (χ0) is 40.5. The van der Waals surface area contributed by atoms with Gasteiger partial charge in [-0.25, -0.2) is 10.2 Å². The molecule has 1 aromatic heterocycles. The van der Waals surface area contributed by atoms with Crippen LogP contribution in [0.4, 0.5) is 4.79 Å². The number of guanidine groups is 1. The highest BCUT2D eigenvalue weighted by atomic mass is 16.2. The average Bonchev–Trinajstić information content (AvgIpc) is 3.56. The third kappa shape index (κ3) is 14.3. The summed E-state index contributed by atoms with van der Waals surface area (Å²) in [6, 6.07) is 11.3. The van der Waals surface area contributed by atoms with E-state index in [0.717, 1.165) is 22.0 Å². The molecule has 55 heavy (non-hydrogen) atoms. The van der Waals surface area contributed by atoms with Crippen molar-refractivity contribution in [2.45, 2.75) is 84.0 Å². The number of carbonyl (C=O) groups excluding carboxylic acids is 6. The van der Waals surface area contributed by atoms with Crippen molar-refractivity contribution in [2.75, 3.05) is 13.6 Å². The molecular weight excluding hydrogens is 706 g/mol. The van der Waals surface area contributed by atoms with E-state index in [-0.39, 0.29) is 49.4 Å². The number of aliphatic imine (C=N–C) groups is 1. The predicted molar refractivity (Wildman–Crippen MR) is 210 cm³/mol. The number of rotatable bonds is 19. The van der Waals surface area contributed by atoms with Crippen LogP contribution in [-0.4, -0.2) is 84.3 Å². The fourth-order valence-electron chi connectivity index (χ4n) is 5.66. The van der Waals surface area contributed by atoms with E-state index in [1.807, 2.05) is 68.4 Å². The van der Waals surface area contributed by atoms with Crippen LogP contribution >= 0.6 is 0 Å². The van der Waals surface area contributed by atoms with Crippen LogP contribution in [0, 0.1) is 11.8 Å². The minimum absolute atomic E-state index is 0.0738. The third-order valence-electron chi connectivity index (χ3n) is 8.68. The third-order valence-corrected chi connectivity index (χ3v) is 8.68. The number of hydrogen-bond acceptors (Lipinski definition) is 7. The summed E-state index contributed by atoms with van der Waals surface area (Å²) in [6.07, 6.45) is 2.69. The molecule has 4 atom stereocenters. The Morgan fingerprint density at radius 3 is 2.00 bits per heavy atom.